The number of ether oxygens (including phenoxy) is 1. The summed E-state index contributed by atoms with van der Waals surface area (Å²) < 4.78 is 5.82. The van der Waals surface area contributed by atoms with E-state index >= 15 is 0 Å². The van der Waals surface area contributed by atoms with Crippen molar-refractivity contribution in [2.75, 3.05) is 13.2 Å². The molecule has 1 aliphatic rings. The van der Waals surface area contributed by atoms with Gasteiger partial charge in [0.25, 0.3) is 0 Å². The van der Waals surface area contributed by atoms with Crippen LogP contribution < -0.4 is 0 Å². The van der Waals surface area contributed by atoms with Crippen LogP contribution in [0, 0.1) is 13.8 Å². The van der Waals surface area contributed by atoms with E-state index in [0.717, 1.165) is 36.3 Å². The van der Waals surface area contributed by atoms with Crippen molar-refractivity contribution in [3.05, 3.63) is 45.4 Å². The second-order valence-electron chi connectivity index (χ2n) is 5.95. The van der Waals surface area contributed by atoms with E-state index in [9.17, 15) is 0 Å². The predicted octanol–water partition coefficient (Wildman–Crippen LogP) is 3.34. The number of nitrogens with zero attached hydrogens (tertiary/aromatic N) is 3. The third-order valence-electron chi connectivity index (χ3n) is 4.07. The smallest absolute Gasteiger partial charge is 0.131 e. The van der Waals surface area contributed by atoms with Crippen molar-refractivity contribution in [1.29, 1.82) is 0 Å². The molecule has 2 aromatic rings. The first-order chi connectivity index (χ1) is 10.7. The van der Waals surface area contributed by atoms with Gasteiger partial charge in [0.2, 0.25) is 0 Å². The van der Waals surface area contributed by atoms with Gasteiger partial charge in [-0.2, -0.15) is 0 Å². The van der Waals surface area contributed by atoms with Crippen LogP contribution in [0.3, 0.4) is 0 Å². The zero-order chi connectivity index (χ0) is 15.4. The molecule has 0 spiro atoms. The molecule has 4 nitrogen and oxygen atoms in total. The molecule has 118 valence electrons. The number of hydrogen-bond acceptors (Lipinski definition) is 5. The molecule has 0 amide bonds. The molecule has 1 saturated heterocycles. The summed E-state index contributed by atoms with van der Waals surface area (Å²) in [6.07, 6.45) is 2.71. The standard InChI is InChI=1S/C17H23N3OS/c1-13-6-3-4-7-15(13)10-20(11-16-8-5-9-21-16)12-17-19-18-14(2)22-17/h3-4,6-7,16H,5,8-12H2,1-2H3. The highest BCUT2D eigenvalue weighted by atomic mass is 32.1. The Kier molecular flexibility index (Phi) is 5.18. The van der Waals surface area contributed by atoms with E-state index in [0.29, 0.717) is 6.10 Å². The van der Waals surface area contributed by atoms with E-state index in [1.165, 1.54) is 24.0 Å². The fraction of sp³-hybridized carbons (Fsp3) is 0.529. The van der Waals surface area contributed by atoms with Gasteiger partial charge in [-0.1, -0.05) is 24.3 Å². The summed E-state index contributed by atoms with van der Waals surface area (Å²) in [7, 11) is 0. The fourth-order valence-electron chi connectivity index (χ4n) is 2.88. The summed E-state index contributed by atoms with van der Waals surface area (Å²) >= 11 is 1.68. The van der Waals surface area contributed by atoms with Crippen molar-refractivity contribution >= 4 is 11.3 Å². The lowest BCUT2D eigenvalue weighted by Gasteiger charge is -2.25. The Hall–Kier alpha value is -1.30. The van der Waals surface area contributed by atoms with E-state index in [2.05, 4.69) is 46.3 Å². The summed E-state index contributed by atoms with van der Waals surface area (Å²) in [6.45, 7) is 7.83. The van der Waals surface area contributed by atoms with Gasteiger partial charge in [-0.25, -0.2) is 0 Å². The minimum Gasteiger partial charge on any atom is -0.377 e. The monoisotopic (exact) mass is 317 g/mol. The van der Waals surface area contributed by atoms with Crippen LogP contribution in [0.25, 0.3) is 0 Å². The van der Waals surface area contributed by atoms with E-state index in [1.54, 1.807) is 11.3 Å². The van der Waals surface area contributed by atoms with Crippen molar-refractivity contribution < 1.29 is 4.74 Å². The maximum absolute atomic E-state index is 5.82. The van der Waals surface area contributed by atoms with Crippen LogP contribution in [0.4, 0.5) is 0 Å². The Bertz CT molecular complexity index is 607. The molecule has 22 heavy (non-hydrogen) atoms. The maximum atomic E-state index is 5.82. The summed E-state index contributed by atoms with van der Waals surface area (Å²) in [5.41, 5.74) is 2.72. The van der Waals surface area contributed by atoms with Crippen molar-refractivity contribution in [3.63, 3.8) is 0 Å². The topological polar surface area (TPSA) is 38.2 Å². The molecular weight excluding hydrogens is 294 g/mol. The second-order valence-corrected chi connectivity index (χ2v) is 7.21. The van der Waals surface area contributed by atoms with Crippen molar-refractivity contribution in [3.8, 4) is 0 Å². The molecule has 1 atom stereocenters. The highest BCUT2D eigenvalue weighted by Gasteiger charge is 2.20. The highest BCUT2D eigenvalue weighted by Crippen LogP contribution is 2.19. The third kappa shape index (κ3) is 4.12. The van der Waals surface area contributed by atoms with E-state index in [1.807, 2.05) is 6.92 Å². The van der Waals surface area contributed by atoms with Gasteiger partial charge < -0.3 is 4.74 Å². The molecule has 1 aromatic carbocycles. The zero-order valence-electron chi connectivity index (χ0n) is 13.3. The van der Waals surface area contributed by atoms with E-state index in [4.69, 9.17) is 4.74 Å². The molecular formula is C17H23N3OS. The Labute approximate surface area is 136 Å². The second kappa shape index (κ2) is 7.31. The number of rotatable bonds is 6. The predicted molar refractivity (Wildman–Crippen MR) is 88.9 cm³/mol. The van der Waals surface area contributed by atoms with Gasteiger partial charge in [0, 0.05) is 19.7 Å². The maximum Gasteiger partial charge on any atom is 0.131 e. The van der Waals surface area contributed by atoms with Crippen molar-refractivity contribution in [2.45, 2.75) is 45.9 Å². The van der Waals surface area contributed by atoms with Crippen LogP contribution in [-0.2, 0) is 17.8 Å². The van der Waals surface area contributed by atoms with Crippen LogP contribution in [0.5, 0.6) is 0 Å². The summed E-state index contributed by atoms with van der Waals surface area (Å²) in [6, 6.07) is 8.59. The molecule has 0 N–H and O–H groups in total. The molecule has 2 heterocycles. The van der Waals surface area contributed by atoms with Crippen LogP contribution in [-0.4, -0.2) is 34.4 Å². The van der Waals surface area contributed by atoms with Crippen LogP contribution in [0.15, 0.2) is 24.3 Å². The summed E-state index contributed by atoms with van der Waals surface area (Å²) in [4.78, 5) is 2.44. The third-order valence-corrected chi connectivity index (χ3v) is 4.89. The first-order valence-electron chi connectivity index (χ1n) is 7.88. The van der Waals surface area contributed by atoms with Crippen LogP contribution in [0.1, 0.15) is 34.0 Å². The largest absolute Gasteiger partial charge is 0.377 e. The first kappa shape index (κ1) is 15.6. The van der Waals surface area contributed by atoms with Crippen LogP contribution in [0.2, 0.25) is 0 Å². The van der Waals surface area contributed by atoms with Gasteiger partial charge in [-0.15, -0.1) is 21.5 Å². The number of aromatic nitrogens is 2. The lowest BCUT2D eigenvalue weighted by molar-refractivity contribution is 0.0677. The van der Waals surface area contributed by atoms with Gasteiger partial charge in [-0.3, -0.25) is 4.90 Å². The molecule has 0 bridgehead atoms. The quantitative estimate of drug-likeness (QED) is 0.819. The molecule has 0 radical (unpaired) electrons. The number of aryl methyl sites for hydroxylation is 2. The van der Waals surface area contributed by atoms with Crippen molar-refractivity contribution in [1.82, 2.24) is 15.1 Å². The fourth-order valence-corrected chi connectivity index (χ4v) is 3.63. The van der Waals surface area contributed by atoms with Crippen LogP contribution >= 0.6 is 11.3 Å². The molecule has 0 saturated carbocycles. The lowest BCUT2D eigenvalue weighted by atomic mass is 10.1. The minimum absolute atomic E-state index is 0.359. The number of hydrogen-bond donors (Lipinski definition) is 0. The van der Waals surface area contributed by atoms with Crippen molar-refractivity contribution in [2.24, 2.45) is 0 Å². The average Bonchev–Trinajstić information content (AvgIpc) is 3.13. The first-order valence-corrected chi connectivity index (χ1v) is 8.70. The SMILES string of the molecule is Cc1nnc(CN(Cc2ccccc2C)CC2CCCO2)s1. The molecule has 1 unspecified atom stereocenters. The normalized spacial score (nSPS) is 18.2. The Morgan fingerprint density at radius 1 is 1.23 bits per heavy atom. The van der Waals surface area contributed by atoms with Gasteiger partial charge in [0.15, 0.2) is 0 Å². The molecule has 5 heteroatoms. The molecule has 1 fully saturated rings. The zero-order valence-corrected chi connectivity index (χ0v) is 14.1. The Balaban J connectivity index is 1.71. The molecule has 0 aliphatic carbocycles. The Morgan fingerprint density at radius 3 is 2.77 bits per heavy atom. The summed E-state index contributed by atoms with van der Waals surface area (Å²) in [5.74, 6) is 0. The highest BCUT2D eigenvalue weighted by molar-refractivity contribution is 7.11. The number of benzene rings is 1. The van der Waals surface area contributed by atoms with Gasteiger partial charge >= 0.3 is 0 Å². The van der Waals surface area contributed by atoms with Gasteiger partial charge in [0.1, 0.15) is 10.0 Å². The Morgan fingerprint density at radius 2 is 2.09 bits per heavy atom. The van der Waals surface area contributed by atoms with E-state index in [-0.39, 0.29) is 0 Å². The average molecular weight is 317 g/mol. The summed E-state index contributed by atoms with van der Waals surface area (Å²) in [5, 5.41) is 10.5. The lowest BCUT2D eigenvalue weighted by Crippen LogP contribution is -2.31. The van der Waals surface area contributed by atoms with Gasteiger partial charge in [0.05, 0.1) is 12.6 Å². The molecule has 1 aliphatic heterocycles. The van der Waals surface area contributed by atoms with E-state index < -0.39 is 0 Å². The molecule has 3 rings (SSSR count). The minimum atomic E-state index is 0.359. The molecule has 1 aromatic heterocycles. The van der Waals surface area contributed by atoms with Gasteiger partial charge in [-0.05, 0) is 37.8 Å².